The van der Waals surface area contributed by atoms with E-state index in [1.807, 2.05) is 21.0 Å². The number of hydrogen-bond donors (Lipinski definition) is 2. The first kappa shape index (κ1) is 28.2. The van der Waals surface area contributed by atoms with Crippen molar-refractivity contribution in [1.29, 1.82) is 0 Å². The number of nitrogens with one attached hydrogen (secondary N) is 2. The quantitative estimate of drug-likeness (QED) is 0.564. The maximum absolute atomic E-state index is 13.9. The number of piperidine rings is 1. The van der Waals surface area contributed by atoms with E-state index in [0.717, 1.165) is 57.9 Å². The Labute approximate surface area is 217 Å². The predicted molar refractivity (Wildman–Crippen MR) is 140 cm³/mol. The summed E-state index contributed by atoms with van der Waals surface area (Å²) in [6, 6.07) is 0.0704. The molecule has 0 aromatic rings. The van der Waals surface area contributed by atoms with Crippen molar-refractivity contribution in [3.8, 4) is 0 Å². The van der Waals surface area contributed by atoms with Crippen LogP contribution < -0.4 is 10.6 Å². The number of urea groups is 1. The van der Waals surface area contributed by atoms with Crippen molar-refractivity contribution in [2.75, 3.05) is 33.7 Å². The SMILES string of the molecule is CCNC(=O)N(CCCN(C)C)C(=O)C1CC[C@H]2[C@@H]3CCC4NC(=O)CC[C@]4(C)[C@@H]3CC[C@]12C.Cl. The van der Waals surface area contributed by atoms with E-state index in [1.54, 1.807) is 0 Å². The molecule has 0 spiro atoms. The average molecular weight is 511 g/mol. The minimum Gasteiger partial charge on any atom is -0.353 e. The molecule has 7 atom stereocenters. The highest BCUT2D eigenvalue weighted by atomic mass is 35.5. The first-order chi connectivity index (χ1) is 16.1. The van der Waals surface area contributed by atoms with E-state index in [9.17, 15) is 14.4 Å². The fourth-order valence-corrected chi connectivity index (χ4v) is 8.40. The first-order valence-electron chi connectivity index (χ1n) is 13.6. The Bertz CT molecular complexity index is 807. The van der Waals surface area contributed by atoms with Crippen LogP contribution in [0.25, 0.3) is 0 Å². The molecule has 35 heavy (non-hydrogen) atoms. The predicted octanol–water partition coefficient (Wildman–Crippen LogP) is 4.06. The molecule has 2 N–H and O–H groups in total. The molecule has 2 unspecified atom stereocenters. The highest BCUT2D eigenvalue weighted by Gasteiger charge is 2.61. The number of hydrogen-bond acceptors (Lipinski definition) is 4. The van der Waals surface area contributed by atoms with E-state index in [-0.39, 0.29) is 47.0 Å². The highest BCUT2D eigenvalue weighted by molar-refractivity contribution is 5.96. The Morgan fingerprint density at radius 1 is 1.00 bits per heavy atom. The van der Waals surface area contributed by atoms with Crippen LogP contribution in [0, 0.1) is 34.5 Å². The Kier molecular flexibility index (Phi) is 8.84. The third-order valence-electron chi connectivity index (χ3n) is 10.2. The van der Waals surface area contributed by atoms with Crippen molar-refractivity contribution < 1.29 is 14.4 Å². The van der Waals surface area contributed by atoms with Crippen LogP contribution in [0.5, 0.6) is 0 Å². The van der Waals surface area contributed by atoms with Crippen LogP contribution in [-0.2, 0) is 9.59 Å². The second kappa shape index (κ2) is 11.0. The monoisotopic (exact) mass is 510 g/mol. The number of fused-ring (bicyclic) bond motifs is 5. The summed E-state index contributed by atoms with van der Waals surface area (Å²) in [4.78, 5) is 42.4. The Morgan fingerprint density at radius 3 is 2.40 bits per heavy atom. The number of carbonyl (C=O) groups excluding carboxylic acids is 3. The molecule has 8 heteroatoms. The summed E-state index contributed by atoms with van der Waals surface area (Å²) in [7, 11) is 4.04. The standard InChI is InChI=1S/C27H46N4O3.ClH/c1-6-28-25(34)31(17-7-16-30(4)5)24(33)21-10-9-19-18-8-11-22-27(3,15-13-23(32)29-22)20(18)12-14-26(19,21)2;/h18-22H,6-17H2,1-5H3,(H,28,34)(H,29,32);1H/t18-,19-,20+,21?,22?,26-,27+;/m0./s1. The molecule has 1 heterocycles. The Hall–Kier alpha value is -1.34. The van der Waals surface area contributed by atoms with Gasteiger partial charge in [-0.3, -0.25) is 14.5 Å². The van der Waals surface area contributed by atoms with Gasteiger partial charge in [0.2, 0.25) is 11.8 Å². The van der Waals surface area contributed by atoms with Gasteiger partial charge in [0.1, 0.15) is 0 Å². The Balaban J connectivity index is 0.00000342. The summed E-state index contributed by atoms with van der Waals surface area (Å²) >= 11 is 0. The van der Waals surface area contributed by atoms with E-state index in [0.29, 0.717) is 43.3 Å². The van der Waals surface area contributed by atoms with Gasteiger partial charge in [0.25, 0.3) is 0 Å². The normalized spacial score (nSPS) is 37.9. The maximum Gasteiger partial charge on any atom is 0.324 e. The number of halogens is 1. The molecule has 3 saturated carbocycles. The Morgan fingerprint density at radius 2 is 1.71 bits per heavy atom. The molecule has 4 rings (SSSR count). The molecular weight excluding hydrogens is 464 g/mol. The minimum absolute atomic E-state index is 0. The molecule has 4 aliphatic rings. The van der Waals surface area contributed by atoms with Crippen LogP contribution in [0.4, 0.5) is 4.79 Å². The van der Waals surface area contributed by atoms with Crippen molar-refractivity contribution in [1.82, 2.24) is 20.4 Å². The van der Waals surface area contributed by atoms with Crippen molar-refractivity contribution >= 4 is 30.3 Å². The van der Waals surface area contributed by atoms with Gasteiger partial charge in [-0.25, -0.2) is 4.79 Å². The summed E-state index contributed by atoms with van der Waals surface area (Å²) in [5, 5.41) is 6.18. The molecule has 3 aliphatic carbocycles. The largest absolute Gasteiger partial charge is 0.353 e. The van der Waals surface area contributed by atoms with Crippen molar-refractivity contribution in [2.24, 2.45) is 34.5 Å². The fourth-order valence-electron chi connectivity index (χ4n) is 8.40. The van der Waals surface area contributed by atoms with Crippen LogP contribution in [0.1, 0.15) is 78.6 Å². The number of imide groups is 1. The fraction of sp³-hybridized carbons (Fsp3) is 0.889. The zero-order valence-corrected chi connectivity index (χ0v) is 23.2. The van der Waals surface area contributed by atoms with Crippen molar-refractivity contribution in [3.05, 3.63) is 0 Å². The zero-order chi connectivity index (χ0) is 24.7. The molecule has 0 radical (unpaired) electrons. The smallest absolute Gasteiger partial charge is 0.324 e. The van der Waals surface area contributed by atoms with Crippen LogP contribution >= 0.6 is 12.4 Å². The van der Waals surface area contributed by atoms with E-state index >= 15 is 0 Å². The van der Waals surface area contributed by atoms with E-state index in [2.05, 4.69) is 29.4 Å². The lowest BCUT2D eigenvalue weighted by molar-refractivity contribution is -0.145. The maximum atomic E-state index is 13.9. The van der Waals surface area contributed by atoms with Crippen LogP contribution in [0.2, 0.25) is 0 Å². The van der Waals surface area contributed by atoms with E-state index in [4.69, 9.17) is 0 Å². The summed E-state index contributed by atoms with van der Waals surface area (Å²) in [6.45, 7) is 8.52. The third-order valence-corrected chi connectivity index (χ3v) is 10.2. The van der Waals surface area contributed by atoms with Gasteiger partial charge in [-0.1, -0.05) is 13.8 Å². The molecule has 200 valence electrons. The molecule has 1 aliphatic heterocycles. The lowest BCUT2D eigenvalue weighted by Gasteiger charge is -2.60. The van der Waals surface area contributed by atoms with Gasteiger partial charge in [0, 0.05) is 31.5 Å². The molecule has 0 bridgehead atoms. The molecular formula is C27H47ClN4O3. The van der Waals surface area contributed by atoms with Crippen LogP contribution in [0.15, 0.2) is 0 Å². The van der Waals surface area contributed by atoms with Gasteiger partial charge in [-0.15, -0.1) is 12.4 Å². The van der Waals surface area contributed by atoms with Gasteiger partial charge in [-0.05, 0) is 108 Å². The number of nitrogens with zero attached hydrogens (tertiary/aromatic N) is 2. The van der Waals surface area contributed by atoms with Crippen LogP contribution in [0.3, 0.4) is 0 Å². The topological polar surface area (TPSA) is 81.8 Å². The van der Waals surface area contributed by atoms with Gasteiger partial charge in [0.15, 0.2) is 0 Å². The van der Waals surface area contributed by atoms with E-state index < -0.39 is 0 Å². The highest BCUT2D eigenvalue weighted by Crippen LogP contribution is 2.65. The van der Waals surface area contributed by atoms with E-state index in [1.165, 1.54) is 4.90 Å². The molecule has 4 amide bonds. The number of amides is 4. The molecule has 4 fully saturated rings. The van der Waals surface area contributed by atoms with Gasteiger partial charge in [-0.2, -0.15) is 0 Å². The summed E-state index contributed by atoms with van der Waals surface area (Å²) in [6.07, 6.45) is 8.80. The lowest BCUT2D eigenvalue weighted by Crippen LogP contribution is -2.61. The second-order valence-electron chi connectivity index (χ2n) is 12.2. The average Bonchev–Trinajstić information content (AvgIpc) is 3.14. The van der Waals surface area contributed by atoms with Crippen LogP contribution in [-0.4, -0.2) is 67.4 Å². The lowest BCUT2D eigenvalue weighted by atomic mass is 9.47. The van der Waals surface area contributed by atoms with Crippen molar-refractivity contribution in [2.45, 2.75) is 84.6 Å². The van der Waals surface area contributed by atoms with Gasteiger partial charge in [0.05, 0.1) is 0 Å². The second-order valence-corrected chi connectivity index (χ2v) is 12.2. The summed E-state index contributed by atoms with van der Waals surface area (Å²) in [5.41, 5.74) is 0.144. The molecule has 7 nitrogen and oxygen atoms in total. The first-order valence-corrected chi connectivity index (χ1v) is 13.6. The minimum atomic E-state index is -0.238. The molecule has 0 aromatic carbocycles. The molecule has 1 saturated heterocycles. The third kappa shape index (κ3) is 5.09. The summed E-state index contributed by atoms with van der Waals surface area (Å²) in [5.74, 6) is 1.97. The zero-order valence-electron chi connectivity index (χ0n) is 22.4. The number of carbonyl (C=O) groups is 3. The van der Waals surface area contributed by atoms with Crippen molar-refractivity contribution in [3.63, 3.8) is 0 Å². The van der Waals surface area contributed by atoms with Gasteiger partial charge >= 0.3 is 6.03 Å². The van der Waals surface area contributed by atoms with Gasteiger partial charge < -0.3 is 15.5 Å². The molecule has 0 aromatic heterocycles. The number of rotatable bonds is 6. The summed E-state index contributed by atoms with van der Waals surface area (Å²) < 4.78 is 0.